The molecule has 4 nitrogen and oxygen atoms in total. The lowest BCUT2D eigenvalue weighted by Crippen LogP contribution is -2.39. The number of hydrogen-bond acceptors (Lipinski definition) is 4. The van der Waals surface area contributed by atoms with Gasteiger partial charge in [-0.15, -0.1) is 0 Å². The van der Waals surface area contributed by atoms with Crippen LogP contribution in [0.2, 0.25) is 0 Å². The number of nitrogens with zero attached hydrogens (tertiary/aromatic N) is 2. The van der Waals surface area contributed by atoms with Crippen LogP contribution < -0.4 is 10.2 Å². The zero-order valence-electron chi connectivity index (χ0n) is 13.6. The zero-order valence-corrected chi connectivity index (χ0v) is 13.6. The van der Waals surface area contributed by atoms with Gasteiger partial charge in [0.15, 0.2) is 0 Å². The molecule has 0 amide bonds. The standard InChI is InChI=1S/C17H29N3O/c1-4-21-17-6-5-9-20(13-17)16-7-8-19-15(10-16)12-18-11-14(2)3/h7-8,10,14,17-18H,4-6,9,11-13H2,1-3H3. The lowest BCUT2D eigenvalue weighted by molar-refractivity contribution is 0.0526. The highest BCUT2D eigenvalue weighted by Crippen LogP contribution is 2.21. The number of rotatable bonds is 7. The monoisotopic (exact) mass is 291 g/mol. The van der Waals surface area contributed by atoms with Crippen molar-refractivity contribution < 1.29 is 4.74 Å². The molecule has 0 bridgehead atoms. The van der Waals surface area contributed by atoms with Gasteiger partial charge in [0, 0.05) is 38.1 Å². The molecule has 0 aliphatic carbocycles. The summed E-state index contributed by atoms with van der Waals surface area (Å²) in [6.45, 7) is 11.3. The maximum atomic E-state index is 5.79. The predicted molar refractivity (Wildman–Crippen MR) is 87.6 cm³/mol. The Hall–Kier alpha value is -1.13. The lowest BCUT2D eigenvalue weighted by atomic mass is 10.1. The predicted octanol–water partition coefficient (Wildman–Crippen LogP) is 2.83. The molecule has 118 valence electrons. The molecule has 1 N–H and O–H groups in total. The summed E-state index contributed by atoms with van der Waals surface area (Å²) >= 11 is 0. The molecule has 1 aromatic rings. The van der Waals surface area contributed by atoms with Crippen LogP contribution in [0.3, 0.4) is 0 Å². The van der Waals surface area contributed by atoms with Crippen molar-refractivity contribution in [3.05, 3.63) is 24.0 Å². The quantitative estimate of drug-likeness (QED) is 0.838. The fourth-order valence-electron chi connectivity index (χ4n) is 2.79. The Bertz CT molecular complexity index is 420. The Balaban J connectivity index is 1.93. The second-order valence-electron chi connectivity index (χ2n) is 6.20. The molecule has 1 aliphatic rings. The van der Waals surface area contributed by atoms with Crippen LogP contribution in [-0.2, 0) is 11.3 Å². The van der Waals surface area contributed by atoms with Gasteiger partial charge in [0.1, 0.15) is 0 Å². The van der Waals surface area contributed by atoms with Crippen molar-refractivity contribution in [2.45, 2.75) is 46.3 Å². The summed E-state index contributed by atoms with van der Waals surface area (Å²) < 4.78 is 5.79. The summed E-state index contributed by atoms with van der Waals surface area (Å²) in [6, 6.07) is 4.32. The van der Waals surface area contributed by atoms with Gasteiger partial charge in [-0.3, -0.25) is 4.98 Å². The van der Waals surface area contributed by atoms with Crippen molar-refractivity contribution in [1.29, 1.82) is 0 Å². The minimum atomic E-state index is 0.374. The van der Waals surface area contributed by atoms with Crippen LogP contribution >= 0.6 is 0 Å². The molecule has 1 atom stereocenters. The summed E-state index contributed by atoms with van der Waals surface area (Å²) in [6.07, 6.45) is 4.68. The fourth-order valence-corrected chi connectivity index (χ4v) is 2.79. The fraction of sp³-hybridized carbons (Fsp3) is 0.706. The first-order chi connectivity index (χ1) is 10.2. The summed E-state index contributed by atoms with van der Waals surface area (Å²) in [5.41, 5.74) is 2.39. The molecular weight excluding hydrogens is 262 g/mol. The highest BCUT2D eigenvalue weighted by Gasteiger charge is 2.20. The van der Waals surface area contributed by atoms with Crippen LogP contribution in [0.15, 0.2) is 18.3 Å². The highest BCUT2D eigenvalue weighted by molar-refractivity contribution is 5.47. The number of anilines is 1. The molecule has 1 fully saturated rings. The second kappa shape index (κ2) is 8.35. The van der Waals surface area contributed by atoms with Crippen molar-refractivity contribution in [3.63, 3.8) is 0 Å². The van der Waals surface area contributed by atoms with E-state index in [1.54, 1.807) is 0 Å². The van der Waals surface area contributed by atoms with E-state index in [2.05, 4.69) is 48.1 Å². The molecule has 0 aromatic carbocycles. The Morgan fingerprint density at radius 1 is 1.48 bits per heavy atom. The normalized spacial score (nSPS) is 19.2. The average Bonchev–Trinajstić information content (AvgIpc) is 2.48. The Kier molecular flexibility index (Phi) is 6.46. The molecule has 0 spiro atoms. The maximum Gasteiger partial charge on any atom is 0.0750 e. The molecule has 0 radical (unpaired) electrons. The Morgan fingerprint density at radius 3 is 3.10 bits per heavy atom. The van der Waals surface area contributed by atoms with Crippen LogP contribution in [-0.4, -0.2) is 37.3 Å². The van der Waals surface area contributed by atoms with Crippen LogP contribution in [0.25, 0.3) is 0 Å². The molecule has 2 rings (SSSR count). The van der Waals surface area contributed by atoms with Crippen molar-refractivity contribution in [3.8, 4) is 0 Å². The number of hydrogen-bond donors (Lipinski definition) is 1. The van der Waals surface area contributed by atoms with E-state index in [1.807, 2.05) is 6.20 Å². The van der Waals surface area contributed by atoms with Gasteiger partial charge in [-0.1, -0.05) is 13.8 Å². The topological polar surface area (TPSA) is 37.4 Å². The first kappa shape index (κ1) is 16.2. The van der Waals surface area contributed by atoms with Crippen LogP contribution in [0.1, 0.15) is 39.3 Å². The van der Waals surface area contributed by atoms with E-state index in [0.717, 1.165) is 38.5 Å². The van der Waals surface area contributed by atoms with E-state index in [0.29, 0.717) is 12.0 Å². The third-order valence-corrected chi connectivity index (χ3v) is 3.80. The SMILES string of the molecule is CCOC1CCCN(c2ccnc(CNCC(C)C)c2)C1. The van der Waals surface area contributed by atoms with Crippen molar-refractivity contribution in [2.24, 2.45) is 5.92 Å². The van der Waals surface area contributed by atoms with Crippen LogP contribution in [0.5, 0.6) is 0 Å². The minimum absolute atomic E-state index is 0.374. The molecule has 21 heavy (non-hydrogen) atoms. The molecule has 1 saturated heterocycles. The van der Waals surface area contributed by atoms with Gasteiger partial charge >= 0.3 is 0 Å². The number of ether oxygens (including phenoxy) is 1. The van der Waals surface area contributed by atoms with Gasteiger partial charge in [0.25, 0.3) is 0 Å². The number of pyridine rings is 1. The number of piperidine rings is 1. The van der Waals surface area contributed by atoms with Crippen LogP contribution in [0, 0.1) is 5.92 Å². The van der Waals surface area contributed by atoms with E-state index < -0.39 is 0 Å². The highest BCUT2D eigenvalue weighted by atomic mass is 16.5. The Morgan fingerprint density at radius 2 is 2.33 bits per heavy atom. The first-order valence-corrected chi connectivity index (χ1v) is 8.21. The van der Waals surface area contributed by atoms with E-state index in [9.17, 15) is 0 Å². The van der Waals surface area contributed by atoms with E-state index in [-0.39, 0.29) is 0 Å². The molecule has 2 heterocycles. The second-order valence-corrected chi connectivity index (χ2v) is 6.20. The molecule has 0 saturated carbocycles. The summed E-state index contributed by atoms with van der Waals surface area (Å²) in [5, 5.41) is 3.45. The molecule has 1 aliphatic heterocycles. The third kappa shape index (κ3) is 5.29. The average molecular weight is 291 g/mol. The van der Waals surface area contributed by atoms with Gasteiger partial charge in [-0.2, -0.15) is 0 Å². The maximum absolute atomic E-state index is 5.79. The van der Waals surface area contributed by atoms with Crippen LogP contribution in [0.4, 0.5) is 5.69 Å². The van der Waals surface area contributed by atoms with Gasteiger partial charge in [0.05, 0.1) is 11.8 Å². The summed E-state index contributed by atoms with van der Waals surface area (Å²) in [4.78, 5) is 6.89. The number of nitrogens with one attached hydrogen (secondary N) is 1. The van der Waals surface area contributed by atoms with Gasteiger partial charge in [-0.25, -0.2) is 0 Å². The lowest BCUT2D eigenvalue weighted by Gasteiger charge is -2.34. The van der Waals surface area contributed by atoms with Gasteiger partial charge in [-0.05, 0) is 44.4 Å². The first-order valence-electron chi connectivity index (χ1n) is 8.21. The number of aromatic nitrogens is 1. The molecule has 1 aromatic heterocycles. The minimum Gasteiger partial charge on any atom is -0.377 e. The van der Waals surface area contributed by atoms with E-state index in [1.165, 1.54) is 18.5 Å². The smallest absolute Gasteiger partial charge is 0.0750 e. The van der Waals surface area contributed by atoms with Crippen molar-refractivity contribution >= 4 is 5.69 Å². The molecular formula is C17H29N3O. The van der Waals surface area contributed by atoms with Gasteiger partial charge < -0.3 is 15.0 Å². The largest absolute Gasteiger partial charge is 0.377 e. The zero-order chi connectivity index (χ0) is 15.1. The third-order valence-electron chi connectivity index (χ3n) is 3.80. The summed E-state index contributed by atoms with van der Waals surface area (Å²) in [5.74, 6) is 0.669. The van der Waals surface area contributed by atoms with Gasteiger partial charge in [0.2, 0.25) is 0 Å². The Labute approximate surface area is 128 Å². The van der Waals surface area contributed by atoms with Crippen molar-refractivity contribution in [1.82, 2.24) is 10.3 Å². The van der Waals surface area contributed by atoms with Crippen molar-refractivity contribution in [2.75, 3.05) is 31.1 Å². The summed E-state index contributed by atoms with van der Waals surface area (Å²) in [7, 11) is 0. The molecule has 4 heteroatoms. The van der Waals surface area contributed by atoms with E-state index >= 15 is 0 Å². The molecule has 1 unspecified atom stereocenters. The van der Waals surface area contributed by atoms with E-state index in [4.69, 9.17) is 4.74 Å².